The third-order valence-corrected chi connectivity index (χ3v) is 3.84. The molecular formula is C16H23F2NO. The molecule has 0 radical (unpaired) electrons. The van der Waals surface area contributed by atoms with E-state index in [1.165, 1.54) is 18.6 Å². The number of ether oxygens (including phenoxy) is 1. The summed E-state index contributed by atoms with van der Waals surface area (Å²) >= 11 is 0. The minimum Gasteiger partial charge on any atom is -0.378 e. The van der Waals surface area contributed by atoms with E-state index in [4.69, 9.17) is 4.74 Å². The zero-order valence-corrected chi connectivity index (χ0v) is 12.0. The molecule has 1 fully saturated rings. The fourth-order valence-electron chi connectivity index (χ4n) is 2.78. The van der Waals surface area contributed by atoms with Gasteiger partial charge in [0.05, 0.1) is 6.10 Å². The molecule has 2 rings (SSSR count). The summed E-state index contributed by atoms with van der Waals surface area (Å²) in [5.41, 5.74) is 0.419. The highest BCUT2D eigenvalue weighted by Crippen LogP contribution is 2.26. The van der Waals surface area contributed by atoms with Crippen LogP contribution in [0.2, 0.25) is 0 Å². The Hall–Kier alpha value is -1.00. The minimum atomic E-state index is -0.391. The third-order valence-electron chi connectivity index (χ3n) is 3.84. The van der Waals surface area contributed by atoms with Crippen molar-refractivity contribution < 1.29 is 13.5 Å². The largest absolute Gasteiger partial charge is 0.378 e. The Morgan fingerprint density at radius 3 is 2.90 bits per heavy atom. The molecule has 4 heteroatoms. The Kier molecular flexibility index (Phi) is 5.92. The molecule has 1 saturated heterocycles. The van der Waals surface area contributed by atoms with Crippen LogP contribution in [-0.2, 0) is 4.74 Å². The maximum absolute atomic E-state index is 13.9. The number of halogens is 2. The van der Waals surface area contributed by atoms with Gasteiger partial charge in [-0.2, -0.15) is 0 Å². The first-order valence-electron chi connectivity index (χ1n) is 7.50. The average molecular weight is 283 g/mol. The standard InChI is InChI=1S/C16H23F2NO/c1-2-19-16(9-7-13-5-3-4-10-20-13)14-11-12(17)6-8-15(14)18/h6,8,11,13,16,19H,2-5,7,9-10H2,1H3. The summed E-state index contributed by atoms with van der Waals surface area (Å²) in [6.07, 6.45) is 5.31. The second kappa shape index (κ2) is 7.70. The van der Waals surface area contributed by atoms with Crippen molar-refractivity contribution in [3.8, 4) is 0 Å². The highest BCUT2D eigenvalue weighted by atomic mass is 19.1. The van der Waals surface area contributed by atoms with Gasteiger partial charge in [-0.1, -0.05) is 6.92 Å². The van der Waals surface area contributed by atoms with Crippen molar-refractivity contribution in [3.05, 3.63) is 35.4 Å². The normalized spacial score (nSPS) is 20.9. The van der Waals surface area contributed by atoms with E-state index in [1.54, 1.807) is 0 Å². The Bertz CT molecular complexity index is 419. The smallest absolute Gasteiger partial charge is 0.128 e. The summed E-state index contributed by atoms with van der Waals surface area (Å²) in [7, 11) is 0. The van der Waals surface area contributed by atoms with Crippen LogP contribution in [0.15, 0.2) is 18.2 Å². The Labute approximate surface area is 119 Å². The zero-order valence-electron chi connectivity index (χ0n) is 12.0. The summed E-state index contributed by atoms with van der Waals surface area (Å²) < 4.78 is 32.9. The molecule has 0 amide bonds. The van der Waals surface area contributed by atoms with Gasteiger partial charge in [-0.3, -0.25) is 0 Å². The number of benzene rings is 1. The monoisotopic (exact) mass is 283 g/mol. The molecule has 2 atom stereocenters. The molecule has 0 spiro atoms. The summed E-state index contributed by atoms with van der Waals surface area (Å²) in [6, 6.07) is 3.50. The van der Waals surface area contributed by atoms with Gasteiger partial charge in [0.15, 0.2) is 0 Å². The molecule has 112 valence electrons. The van der Waals surface area contributed by atoms with Crippen molar-refractivity contribution in [2.75, 3.05) is 13.2 Å². The molecule has 0 aliphatic carbocycles. The van der Waals surface area contributed by atoms with Crippen LogP contribution < -0.4 is 5.32 Å². The summed E-state index contributed by atoms with van der Waals surface area (Å²) in [5, 5.41) is 3.24. The van der Waals surface area contributed by atoms with Gasteiger partial charge in [0, 0.05) is 18.2 Å². The first-order valence-corrected chi connectivity index (χ1v) is 7.50. The summed E-state index contributed by atoms with van der Waals surface area (Å²) in [6.45, 7) is 3.53. The van der Waals surface area contributed by atoms with Gasteiger partial charge < -0.3 is 10.1 Å². The fraction of sp³-hybridized carbons (Fsp3) is 0.625. The van der Waals surface area contributed by atoms with E-state index in [0.29, 0.717) is 5.56 Å². The molecule has 1 aromatic carbocycles. The number of rotatable bonds is 6. The molecule has 0 aromatic heterocycles. The molecule has 1 heterocycles. The van der Waals surface area contributed by atoms with E-state index < -0.39 is 5.82 Å². The topological polar surface area (TPSA) is 21.3 Å². The summed E-state index contributed by atoms with van der Waals surface area (Å²) in [5.74, 6) is -0.736. The van der Waals surface area contributed by atoms with Crippen LogP contribution in [0, 0.1) is 11.6 Å². The predicted molar refractivity (Wildman–Crippen MR) is 75.6 cm³/mol. The van der Waals surface area contributed by atoms with E-state index in [-0.39, 0.29) is 18.0 Å². The lowest BCUT2D eigenvalue weighted by Crippen LogP contribution is -2.25. The number of nitrogens with one attached hydrogen (secondary N) is 1. The molecule has 2 nitrogen and oxygen atoms in total. The third kappa shape index (κ3) is 4.25. The summed E-state index contributed by atoms with van der Waals surface area (Å²) in [4.78, 5) is 0. The lowest BCUT2D eigenvalue weighted by atomic mass is 9.96. The van der Waals surface area contributed by atoms with Crippen LogP contribution in [0.1, 0.15) is 50.6 Å². The molecule has 2 unspecified atom stereocenters. The second-order valence-corrected chi connectivity index (χ2v) is 5.34. The van der Waals surface area contributed by atoms with Crippen molar-refractivity contribution in [2.45, 2.75) is 51.2 Å². The molecule has 1 aliphatic heterocycles. The van der Waals surface area contributed by atoms with Gasteiger partial charge in [0.2, 0.25) is 0 Å². The van der Waals surface area contributed by atoms with Crippen LogP contribution in [-0.4, -0.2) is 19.3 Å². The Morgan fingerprint density at radius 2 is 2.20 bits per heavy atom. The maximum atomic E-state index is 13.9. The van der Waals surface area contributed by atoms with E-state index in [0.717, 1.165) is 44.9 Å². The predicted octanol–water partition coefficient (Wildman–Crippen LogP) is 3.96. The van der Waals surface area contributed by atoms with Gasteiger partial charge in [-0.05, 0) is 56.8 Å². The number of hydrogen-bond acceptors (Lipinski definition) is 2. The first-order chi connectivity index (χ1) is 9.70. The van der Waals surface area contributed by atoms with E-state index in [2.05, 4.69) is 5.32 Å². The molecule has 1 N–H and O–H groups in total. The van der Waals surface area contributed by atoms with Crippen LogP contribution in [0.4, 0.5) is 8.78 Å². The quantitative estimate of drug-likeness (QED) is 0.853. The van der Waals surface area contributed by atoms with Crippen molar-refractivity contribution in [2.24, 2.45) is 0 Å². The van der Waals surface area contributed by atoms with Crippen LogP contribution in [0.5, 0.6) is 0 Å². The first kappa shape index (κ1) is 15.4. The van der Waals surface area contributed by atoms with E-state index in [1.807, 2.05) is 6.92 Å². The molecule has 20 heavy (non-hydrogen) atoms. The Morgan fingerprint density at radius 1 is 1.35 bits per heavy atom. The molecule has 1 aromatic rings. The zero-order chi connectivity index (χ0) is 14.4. The lowest BCUT2D eigenvalue weighted by Gasteiger charge is -2.25. The van der Waals surface area contributed by atoms with Gasteiger partial charge >= 0.3 is 0 Å². The van der Waals surface area contributed by atoms with Crippen LogP contribution in [0.3, 0.4) is 0 Å². The fourth-order valence-corrected chi connectivity index (χ4v) is 2.78. The average Bonchev–Trinajstić information content (AvgIpc) is 2.47. The van der Waals surface area contributed by atoms with Gasteiger partial charge in [0.1, 0.15) is 11.6 Å². The van der Waals surface area contributed by atoms with Crippen LogP contribution in [0.25, 0.3) is 0 Å². The van der Waals surface area contributed by atoms with E-state index >= 15 is 0 Å². The van der Waals surface area contributed by atoms with E-state index in [9.17, 15) is 8.78 Å². The molecular weight excluding hydrogens is 260 g/mol. The highest BCUT2D eigenvalue weighted by Gasteiger charge is 2.19. The maximum Gasteiger partial charge on any atom is 0.128 e. The van der Waals surface area contributed by atoms with Gasteiger partial charge in [0.25, 0.3) is 0 Å². The molecule has 1 aliphatic rings. The van der Waals surface area contributed by atoms with Crippen molar-refractivity contribution in [1.29, 1.82) is 0 Å². The van der Waals surface area contributed by atoms with Crippen molar-refractivity contribution in [1.82, 2.24) is 5.32 Å². The highest BCUT2D eigenvalue weighted by molar-refractivity contribution is 5.22. The minimum absolute atomic E-state index is 0.152. The molecule has 0 bridgehead atoms. The number of hydrogen-bond donors (Lipinski definition) is 1. The van der Waals surface area contributed by atoms with Gasteiger partial charge in [-0.15, -0.1) is 0 Å². The second-order valence-electron chi connectivity index (χ2n) is 5.34. The van der Waals surface area contributed by atoms with Crippen LogP contribution >= 0.6 is 0 Å². The Balaban J connectivity index is 2.00. The lowest BCUT2D eigenvalue weighted by molar-refractivity contribution is 0.00850. The SMILES string of the molecule is CCNC(CCC1CCCCO1)c1cc(F)ccc1F. The van der Waals surface area contributed by atoms with Crippen molar-refractivity contribution in [3.63, 3.8) is 0 Å². The molecule has 0 saturated carbocycles. The van der Waals surface area contributed by atoms with Gasteiger partial charge in [-0.25, -0.2) is 8.78 Å². The van der Waals surface area contributed by atoms with Crippen molar-refractivity contribution >= 4 is 0 Å².